The van der Waals surface area contributed by atoms with Gasteiger partial charge in [-0.1, -0.05) is 59.6 Å². The van der Waals surface area contributed by atoms with Crippen LogP contribution in [0.5, 0.6) is 0 Å². The van der Waals surface area contributed by atoms with Crippen LogP contribution >= 0.6 is 15.5 Å². The van der Waals surface area contributed by atoms with E-state index < -0.39 is 7.92 Å². The molecule has 0 radical (unpaired) electrons. The molecule has 3 rings (SSSR count). The summed E-state index contributed by atoms with van der Waals surface area (Å²) in [6.45, 7) is 9.16. The maximum atomic E-state index is 3.50. The number of rotatable bonds is 3. The third kappa shape index (κ3) is 5.18. The minimum Gasteiger partial charge on any atom is -0.118 e. The third-order valence-electron chi connectivity index (χ3n) is 5.22. The molecule has 0 aliphatic carbocycles. The topological polar surface area (TPSA) is 0 Å². The van der Waals surface area contributed by atoms with Gasteiger partial charge in [0.1, 0.15) is 0 Å². The fourth-order valence-electron chi connectivity index (χ4n) is 3.18. The van der Waals surface area contributed by atoms with E-state index in [1.54, 1.807) is 10.6 Å². The van der Waals surface area contributed by atoms with Crippen LogP contribution in [0.2, 0.25) is 0 Å². The molecule has 0 nitrogen and oxygen atoms in total. The van der Waals surface area contributed by atoms with E-state index in [2.05, 4.69) is 75.1 Å². The van der Waals surface area contributed by atoms with Gasteiger partial charge in [0.2, 0.25) is 0 Å². The lowest BCUT2D eigenvalue weighted by atomic mass is 10.2. The van der Waals surface area contributed by atoms with Gasteiger partial charge in [0.15, 0.2) is 0 Å². The average molecular weight is 400 g/mol. The van der Waals surface area contributed by atoms with Crippen LogP contribution in [-0.2, 0) is 6.16 Å². The minimum absolute atomic E-state index is 0.169. The summed E-state index contributed by atoms with van der Waals surface area (Å²) in [6.07, 6.45) is 2.27. The SMILES string of the molecule is Cc1c(C)c(C)p(CCP(C#Cc2ccccc2)C#Cc2ccccc2)c1C. The molecule has 28 heavy (non-hydrogen) atoms. The Morgan fingerprint density at radius 2 is 1.11 bits per heavy atom. The van der Waals surface area contributed by atoms with Crippen LogP contribution in [0.4, 0.5) is 0 Å². The van der Waals surface area contributed by atoms with E-state index in [4.69, 9.17) is 0 Å². The summed E-state index contributed by atoms with van der Waals surface area (Å²) in [4.78, 5) is 0. The van der Waals surface area contributed by atoms with Crippen molar-refractivity contribution < 1.29 is 0 Å². The summed E-state index contributed by atoms with van der Waals surface area (Å²) in [7, 11) is -0.811. The van der Waals surface area contributed by atoms with Gasteiger partial charge in [-0.25, -0.2) is 0 Å². The first kappa shape index (κ1) is 20.5. The Labute approximate surface area is 172 Å². The molecule has 2 aromatic carbocycles. The van der Waals surface area contributed by atoms with E-state index in [1.165, 1.54) is 17.3 Å². The van der Waals surface area contributed by atoms with Gasteiger partial charge in [0, 0.05) is 11.1 Å². The van der Waals surface area contributed by atoms with E-state index in [0.717, 1.165) is 17.3 Å². The first-order valence-electron chi connectivity index (χ1n) is 9.60. The summed E-state index contributed by atoms with van der Waals surface area (Å²) in [6, 6.07) is 20.5. The number of hydrogen-bond acceptors (Lipinski definition) is 0. The van der Waals surface area contributed by atoms with Crippen molar-refractivity contribution in [2.75, 3.05) is 6.16 Å². The molecule has 3 aromatic rings. The van der Waals surface area contributed by atoms with Crippen LogP contribution < -0.4 is 0 Å². The van der Waals surface area contributed by atoms with Crippen LogP contribution in [0.25, 0.3) is 0 Å². The molecule has 0 saturated carbocycles. The second kappa shape index (κ2) is 9.81. The molecule has 1 aromatic heterocycles. The van der Waals surface area contributed by atoms with E-state index in [0.29, 0.717) is 0 Å². The Balaban J connectivity index is 1.83. The quantitative estimate of drug-likeness (QED) is 0.317. The minimum atomic E-state index is -0.642. The lowest BCUT2D eigenvalue weighted by Gasteiger charge is -2.07. The lowest BCUT2D eigenvalue weighted by molar-refractivity contribution is 1.32. The molecule has 0 aliphatic rings. The maximum Gasteiger partial charge on any atom is 0.0516 e. The van der Waals surface area contributed by atoms with Gasteiger partial charge in [-0.2, -0.15) is 0 Å². The molecule has 0 spiro atoms. The molecular formula is C26H26P2. The van der Waals surface area contributed by atoms with Gasteiger partial charge >= 0.3 is 0 Å². The fraction of sp³-hybridized carbons (Fsp3) is 0.231. The van der Waals surface area contributed by atoms with Crippen molar-refractivity contribution in [1.29, 1.82) is 0 Å². The highest BCUT2D eigenvalue weighted by Crippen LogP contribution is 2.47. The Morgan fingerprint density at radius 1 is 0.679 bits per heavy atom. The van der Waals surface area contributed by atoms with Gasteiger partial charge < -0.3 is 0 Å². The molecule has 0 bridgehead atoms. The molecule has 0 unspecified atom stereocenters. The zero-order valence-corrected chi connectivity index (χ0v) is 18.9. The van der Waals surface area contributed by atoms with Crippen molar-refractivity contribution in [2.45, 2.75) is 33.9 Å². The van der Waals surface area contributed by atoms with Crippen molar-refractivity contribution >= 4 is 15.5 Å². The van der Waals surface area contributed by atoms with Crippen LogP contribution in [0.3, 0.4) is 0 Å². The predicted molar refractivity (Wildman–Crippen MR) is 127 cm³/mol. The Morgan fingerprint density at radius 3 is 1.54 bits per heavy atom. The van der Waals surface area contributed by atoms with Gasteiger partial charge in [0.05, 0.1) is 7.92 Å². The van der Waals surface area contributed by atoms with Crippen LogP contribution in [0, 0.1) is 50.9 Å². The molecule has 0 fully saturated rings. The maximum absolute atomic E-state index is 3.50. The summed E-state index contributed by atoms with van der Waals surface area (Å²) in [5.41, 5.74) is 12.1. The molecular weight excluding hydrogens is 374 g/mol. The summed E-state index contributed by atoms with van der Waals surface area (Å²) < 4.78 is 0. The monoisotopic (exact) mass is 400 g/mol. The van der Waals surface area contributed by atoms with E-state index in [1.807, 2.05) is 36.4 Å². The molecule has 0 atom stereocenters. The predicted octanol–water partition coefficient (Wildman–Crippen LogP) is 7.41. The second-order valence-corrected chi connectivity index (χ2v) is 11.3. The smallest absolute Gasteiger partial charge is 0.0516 e. The zero-order valence-electron chi connectivity index (χ0n) is 17.1. The Hall–Kier alpha value is -2.23. The summed E-state index contributed by atoms with van der Waals surface area (Å²) in [5.74, 6) is 6.71. The van der Waals surface area contributed by atoms with Gasteiger partial charge in [0.25, 0.3) is 0 Å². The molecule has 140 valence electrons. The van der Waals surface area contributed by atoms with Crippen molar-refractivity contribution in [2.24, 2.45) is 0 Å². The van der Waals surface area contributed by atoms with Crippen molar-refractivity contribution in [3.05, 3.63) is 93.5 Å². The standard InChI is InChI=1S/C26H26P2/c1-21-22(2)24(4)28(23(21)3)20-19-27(17-15-25-11-7-5-8-12-25)18-16-26-13-9-6-10-14-26/h5-14H,19-20H2,1-4H3. The highest BCUT2D eigenvalue weighted by atomic mass is 31.1. The van der Waals surface area contributed by atoms with E-state index in [-0.39, 0.29) is 7.53 Å². The number of benzene rings is 2. The second-order valence-electron chi connectivity index (χ2n) is 6.93. The highest BCUT2D eigenvalue weighted by molar-refractivity contribution is 7.68. The first-order valence-corrected chi connectivity index (χ1v) is 12.7. The van der Waals surface area contributed by atoms with Crippen molar-refractivity contribution in [3.63, 3.8) is 0 Å². The Bertz CT molecular complexity index is 969. The van der Waals surface area contributed by atoms with Gasteiger partial charge in [-0.3, -0.25) is 0 Å². The van der Waals surface area contributed by atoms with Gasteiger partial charge in [-0.15, -0.1) is 7.53 Å². The van der Waals surface area contributed by atoms with Crippen molar-refractivity contribution in [1.82, 2.24) is 0 Å². The molecule has 2 heteroatoms. The largest absolute Gasteiger partial charge is 0.118 e. The highest BCUT2D eigenvalue weighted by Gasteiger charge is 2.13. The summed E-state index contributed by atoms with van der Waals surface area (Å²) >= 11 is 0. The third-order valence-corrected chi connectivity index (χ3v) is 9.97. The van der Waals surface area contributed by atoms with Crippen molar-refractivity contribution in [3.8, 4) is 23.2 Å². The Kier molecular flexibility index (Phi) is 7.18. The van der Waals surface area contributed by atoms with Crippen LogP contribution in [0.1, 0.15) is 32.8 Å². The molecule has 0 N–H and O–H groups in total. The fourth-order valence-corrected chi connectivity index (χ4v) is 7.91. The molecule has 0 saturated heterocycles. The van der Waals surface area contributed by atoms with E-state index >= 15 is 0 Å². The summed E-state index contributed by atoms with van der Waals surface area (Å²) in [5, 5.41) is 3.18. The van der Waals surface area contributed by atoms with Gasteiger partial charge in [-0.05, 0) is 86.0 Å². The first-order chi connectivity index (χ1) is 13.6. The van der Waals surface area contributed by atoms with E-state index in [9.17, 15) is 0 Å². The zero-order chi connectivity index (χ0) is 19.9. The number of hydrogen-bond donors (Lipinski definition) is 0. The van der Waals surface area contributed by atoms with Crippen LogP contribution in [-0.4, -0.2) is 6.16 Å². The van der Waals surface area contributed by atoms with Crippen LogP contribution in [0.15, 0.2) is 60.7 Å². The normalized spacial score (nSPS) is 10.2. The average Bonchev–Trinajstić information content (AvgIpc) is 2.92. The molecule has 1 heterocycles. The molecule has 0 amide bonds. The molecule has 0 aliphatic heterocycles. The lowest BCUT2D eigenvalue weighted by Crippen LogP contribution is -1.83.